The average molecular weight is 425 g/mol. The quantitative estimate of drug-likeness (QED) is 0.417. The van der Waals surface area contributed by atoms with Crippen LogP contribution in [0.1, 0.15) is 16.7 Å². The van der Waals surface area contributed by atoms with Crippen molar-refractivity contribution in [2.45, 2.75) is 13.8 Å². The Morgan fingerprint density at radius 1 is 0.938 bits per heavy atom. The van der Waals surface area contributed by atoms with Gasteiger partial charge in [-0.25, -0.2) is 0 Å². The van der Waals surface area contributed by atoms with Gasteiger partial charge in [0.15, 0.2) is 6.61 Å². The number of aryl methyl sites for hydroxylation is 2. The Balaban J connectivity index is 1.57. The molecule has 3 aromatic carbocycles. The first-order valence-corrected chi connectivity index (χ1v) is 10.0. The fourth-order valence-corrected chi connectivity index (χ4v) is 2.86. The number of nitriles is 1. The summed E-state index contributed by atoms with van der Waals surface area (Å²) >= 11 is 0. The molecule has 6 nitrogen and oxygen atoms in total. The van der Waals surface area contributed by atoms with E-state index in [2.05, 4.69) is 10.6 Å². The molecule has 0 atom stereocenters. The van der Waals surface area contributed by atoms with Gasteiger partial charge < -0.3 is 15.4 Å². The Morgan fingerprint density at radius 2 is 1.62 bits per heavy atom. The summed E-state index contributed by atoms with van der Waals surface area (Å²) in [6, 6.07) is 23.6. The van der Waals surface area contributed by atoms with Crippen LogP contribution < -0.4 is 15.4 Å². The first kappa shape index (κ1) is 22.3. The van der Waals surface area contributed by atoms with Gasteiger partial charge in [-0.3, -0.25) is 9.59 Å². The molecule has 0 aromatic heterocycles. The molecule has 0 fully saturated rings. The van der Waals surface area contributed by atoms with Crippen LogP contribution in [-0.2, 0) is 9.59 Å². The molecule has 3 rings (SSSR count). The lowest BCUT2D eigenvalue weighted by Gasteiger charge is -2.08. The molecule has 0 saturated heterocycles. The first-order valence-electron chi connectivity index (χ1n) is 10.0. The minimum absolute atomic E-state index is 0.0144. The van der Waals surface area contributed by atoms with E-state index < -0.39 is 5.91 Å². The molecule has 0 spiro atoms. The van der Waals surface area contributed by atoms with Gasteiger partial charge in [0.2, 0.25) is 0 Å². The van der Waals surface area contributed by atoms with Gasteiger partial charge in [0.1, 0.15) is 17.4 Å². The SMILES string of the molecule is Cc1ccc(NC(=O)COc2ccc(/C=C(\C#N)C(=O)Nc3ccccc3C)cc2)cc1. The maximum atomic E-state index is 12.4. The van der Waals surface area contributed by atoms with Crippen molar-refractivity contribution in [3.63, 3.8) is 0 Å². The second-order valence-corrected chi connectivity index (χ2v) is 7.21. The summed E-state index contributed by atoms with van der Waals surface area (Å²) in [4.78, 5) is 24.5. The fraction of sp³-hybridized carbons (Fsp3) is 0.115. The first-order chi connectivity index (χ1) is 15.4. The van der Waals surface area contributed by atoms with E-state index in [1.54, 1.807) is 30.3 Å². The zero-order valence-corrected chi connectivity index (χ0v) is 17.9. The van der Waals surface area contributed by atoms with E-state index in [-0.39, 0.29) is 18.1 Å². The van der Waals surface area contributed by atoms with Crippen LogP contribution in [0.3, 0.4) is 0 Å². The number of carbonyl (C=O) groups is 2. The maximum absolute atomic E-state index is 12.4. The van der Waals surface area contributed by atoms with E-state index >= 15 is 0 Å². The summed E-state index contributed by atoms with van der Waals surface area (Å²) in [6.45, 7) is 3.72. The minimum Gasteiger partial charge on any atom is -0.484 e. The zero-order valence-electron chi connectivity index (χ0n) is 17.9. The molecule has 2 amide bonds. The number of rotatable bonds is 7. The number of ether oxygens (including phenoxy) is 1. The summed E-state index contributed by atoms with van der Waals surface area (Å²) in [5.41, 5.74) is 4.04. The molecule has 0 aliphatic carbocycles. The highest BCUT2D eigenvalue weighted by atomic mass is 16.5. The van der Waals surface area contributed by atoms with Crippen molar-refractivity contribution in [3.05, 3.63) is 95.1 Å². The topological polar surface area (TPSA) is 91.2 Å². The molecule has 32 heavy (non-hydrogen) atoms. The molecule has 2 N–H and O–H groups in total. The highest BCUT2D eigenvalue weighted by Gasteiger charge is 2.11. The lowest BCUT2D eigenvalue weighted by molar-refractivity contribution is -0.118. The van der Waals surface area contributed by atoms with E-state index in [0.29, 0.717) is 22.7 Å². The van der Waals surface area contributed by atoms with Crippen molar-refractivity contribution in [2.24, 2.45) is 0 Å². The summed E-state index contributed by atoms with van der Waals surface area (Å²) in [5, 5.41) is 14.9. The Bertz CT molecular complexity index is 1170. The van der Waals surface area contributed by atoms with Gasteiger partial charge >= 0.3 is 0 Å². The van der Waals surface area contributed by atoms with Crippen molar-refractivity contribution < 1.29 is 14.3 Å². The van der Waals surface area contributed by atoms with Crippen molar-refractivity contribution in [1.29, 1.82) is 5.26 Å². The third-order valence-electron chi connectivity index (χ3n) is 4.65. The van der Waals surface area contributed by atoms with E-state index in [4.69, 9.17) is 4.74 Å². The summed E-state index contributed by atoms with van der Waals surface area (Å²) in [7, 11) is 0. The third-order valence-corrected chi connectivity index (χ3v) is 4.65. The summed E-state index contributed by atoms with van der Waals surface area (Å²) in [6.07, 6.45) is 1.50. The van der Waals surface area contributed by atoms with Gasteiger partial charge in [-0.2, -0.15) is 5.26 Å². The van der Waals surface area contributed by atoms with Gasteiger partial charge in [0.25, 0.3) is 11.8 Å². The number of nitrogens with one attached hydrogen (secondary N) is 2. The Morgan fingerprint density at radius 3 is 2.28 bits per heavy atom. The minimum atomic E-state index is -0.477. The number of carbonyl (C=O) groups excluding carboxylic acids is 2. The Hall–Kier alpha value is -4.37. The number of anilines is 2. The molecular formula is C26H23N3O3. The lowest BCUT2D eigenvalue weighted by Crippen LogP contribution is -2.20. The maximum Gasteiger partial charge on any atom is 0.266 e. The lowest BCUT2D eigenvalue weighted by atomic mass is 10.1. The van der Waals surface area contributed by atoms with Crippen LogP contribution in [0, 0.1) is 25.2 Å². The molecule has 0 heterocycles. The molecule has 0 unspecified atom stereocenters. The molecule has 160 valence electrons. The van der Waals surface area contributed by atoms with E-state index in [0.717, 1.165) is 11.1 Å². The number of nitrogens with zero attached hydrogens (tertiary/aromatic N) is 1. The van der Waals surface area contributed by atoms with Gasteiger partial charge in [0.05, 0.1) is 0 Å². The van der Waals surface area contributed by atoms with Crippen LogP contribution in [0.25, 0.3) is 6.08 Å². The largest absolute Gasteiger partial charge is 0.484 e. The third kappa shape index (κ3) is 6.31. The normalized spacial score (nSPS) is 10.7. The second kappa shape index (κ2) is 10.6. The standard InChI is InChI=1S/C26H23N3O3/c1-18-7-11-22(12-8-18)28-25(30)17-32-23-13-9-20(10-14-23)15-21(16-27)26(31)29-24-6-4-3-5-19(24)2/h3-15H,17H2,1-2H3,(H,28,30)(H,29,31)/b21-15+. The van der Waals surface area contributed by atoms with Crippen LogP contribution in [-0.4, -0.2) is 18.4 Å². The smallest absolute Gasteiger partial charge is 0.266 e. The van der Waals surface area contributed by atoms with Crippen LogP contribution in [0.2, 0.25) is 0 Å². The molecule has 0 aliphatic heterocycles. The van der Waals surface area contributed by atoms with Crippen LogP contribution >= 0.6 is 0 Å². The van der Waals surface area contributed by atoms with Crippen LogP contribution in [0.15, 0.2) is 78.4 Å². The molecule has 0 bridgehead atoms. The van der Waals surface area contributed by atoms with Gasteiger partial charge in [-0.05, 0) is 61.4 Å². The summed E-state index contributed by atoms with van der Waals surface area (Å²) in [5.74, 6) is -0.239. The molecular weight excluding hydrogens is 402 g/mol. The highest BCUT2D eigenvalue weighted by molar-refractivity contribution is 6.09. The number of para-hydroxylation sites is 1. The number of hydrogen-bond acceptors (Lipinski definition) is 4. The van der Waals surface area contributed by atoms with Crippen LogP contribution in [0.5, 0.6) is 5.75 Å². The van der Waals surface area contributed by atoms with Crippen LogP contribution in [0.4, 0.5) is 11.4 Å². The van der Waals surface area contributed by atoms with Crippen molar-refractivity contribution >= 4 is 29.3 Å². The van der Waals surface area contributed by atoms with Crippen molar-refractivity contribution in [1.82, 2.24) is 0 Å². The fourth-order valence-electron chi connectivity index (χ4n) is 2.86. The molecule has 0 radical (unpaired) electrons. The molecule has 0 saturated carbocycles. The van der Waals surface area contributed by atoms with Gasteiger partial charge in [-0.1, -0.05) is 48.0 Å². The van der Waals surface area contributed by atoms with Gasteiger partial charge in [-0.15, -0.1) is 0 Å². The molecule has 3 aromatic rings. The highest BCUT2D eigenvalue weighted by Crippen LogP contribution is 2.17. The number of hydrogen-bond donors (Lipinski definition) is 2. The van der Waals surface area contributed by atoms with E-state index in [1.165, 1.54) is 6.08 Å². The predicted octanol–water partition coefficient (Wildman–Crippen LogP) is 4.87. The number of amides is 2. The van der Waals surface area contributed by atoms with E-state index in [1.807, 2.05) is 62.4 Å². The van der Waals surface area contributed by atoms with E-state index in [9.17, 15) is 14.9 Å². The van der Waals surface area contributed by atoms with Gasteiger partial charge in [0, 0.05) is 11.4 Å². The van der Waals surface area contributed by atoms with Crippen molar-refractivity contribution in [3.8, 4) is 11.8 Å². The Labute approximate surface area is 187 Å². The average Bonchev–Trinajstić information content (AvgIpc) is 2.80. The predicted molar refractivity (Wildman–Crippen MR) is 125 cm³/mol. The van der Waals surface area contributed by atoms with Crippen molar-refractivity contribution in [2.75, 3.05) is 17.2 Å². The Kier molecular flexibility index (Phi) is 7.39. The monoisotopic (exact) mass is 425 g/mol. The number of benzene rings is 3. The molecule has 6 heteroatoms. The second-order valence-electron chi connectivity index (χ2n) is 7.21. The zero-order chi connectivity index (χ0) is 22.9. The summed E-state index contributed by atoms with van der Waals surface area (Å²) < 4.78 is 5.51. The molecule has 0 aliphatic rings.